The molecule has 0 spiro atoms. The molecule has 152 valence electrons. The van der Waals surface area contributed by atoms with Crippen LogP contribution < -0.4 is 19.5 Å². The summed E-state index contributed by atoms with van der Waals surface area (Å²) in [5, 5.41) is 11.9. The number of aromatic nitrogens is 3. The first-order chi connectivity index (χ1) is 14.1. The number of benzene rings is 2. The Labute approximate surface area is 173 Å². The van der Waals surface area contributed by atoms with Gasteiger partial charge >= 0.3 is 0 Å². The fourth-order valence-corrected chi connectivity index (χ4v) is 3.44. The largest absolute Gasteiger partial charge is 0.495 e. The van der Waals surface area contributed by atoms with Crippen LogP contribution in [0.15, 0.2) is 47.6 Å². The van der Waals surface area contributed by atoms with Gasteiger partial charge in [0.2, 0.25) is 5.91 Å². The maximum Gasteiger partial charge on any atom is 0.234 e. The van der Waals surface area contributed by atoms with E-state index < -0.39 is 0 Å². The topological polar surface area (TPSA) is 87.5 Å². The highest BCUT2D eigenvalue weighted by molar-refractivity contribution is 7.99. The number of hydrogen-bond donors (Lipinski definition) is 1. The van der Waals surface area contributed by atoms with Crippen molar-refractivity contribution in [1.82, 2.24) is 14.8 Å². The van der Waals surface area contributed by atoms with E-state index in [-0.39, 0.29) is 11.7 Å². The molecule has 1 N–H and O–H groups in total. The van der Waals surface area contributed by atoms with Crippen LogP contribution in [-0.2, 0) is 11.8 Å². The van der Waals surface area contributed by atoms with Gasteiger partial charge in [-0.1, -0.05) is 23.9 Å². The van der Waals surface area contributed by atoms with Crippen molar-refractivity contribution in [2.45, 2.75) is 5.16 Å². The third-order valence-corrected chi connectivity index (χ3v) is 5.21. The molecule has 0 aliphatic rings. The fraction of sp³-hybridized carbons (Fsp3) is 0.250. The number of nitrogens with zero attached hydrogens (tertiary/aromatic N) is 3. The Morgan fingerprint density at radius 1 is 1.00 bits per heavy atom. The Kier molecular flexibility index (Phi) is 6.61. The van der Waals surface area contributed by atoms with Gasteiger partial charge in [0, 0.05) is 12.6 Å². The van der Waals surface area contributed by atoms with Gasteiger partial charge in [0.25, 0.3) is 0 Å². The molecule has 3 rings (SSSR count). The molecule has 29 heavy (non-hydrogen) atoms. The number of carbonyl (C=O) groups is 1. The zero-order valence-electron chi connectivity index (χ0n) is 16.6. The summed E-state index contributed by atoms with van der Waals surface area (Å²) in [7, 11) is 6.59. The molecule has 0 aliphatic heterocycles. The van der Waals surface area contributed by atoms with Gasteiger partial charge in [-0.25, -0.2) is 0 Å². The summed E-state index contributed by atoms with van der Waals surface area (Å²) in [6, 6.07) is 12.8. The molecule has 0 saturated heterocycles. The van der Waals surface area contributed by atoms with Crippen LogP contribution in [-0.4, -0.2) is 47.8 Å². The molecule has 9 heteroatoms. The van der Waals surface area contributed by atoms with Gasteiger partial charge in [0.1, 0.15) is 5.75 Å². The number of anilines is 1. The molecule has 0 fully saturated rings. The van der Waals surface area contributed by atoms with Gasteiger partial charge in [-0.15, -0.1) is 10.2 Å². The van der Waals surface area contributed by atoms with E-state index in [1.165, 1.54) is 11.8 Å². The minimum atomic E-state index is -0.157. The first kappa shape index (κ1) is 20.5. The Hall–Kier alpha value is -3.20. The van der Waals surface area contributed by atoms with Crippen LogP contribution in [0.4, 0.5) is 5.69 Å². The average molecular weight is 414 g/mol. The van der Waals surface area contributed by atoms with Gasteiger partial charge in [0.05, 0.1) is 32.8 Å². The number of methoxy groups -OCH3 is 3. The highest BCUT2D eigenvalue weighted by Crippen LogP contribution is 2.32. The standard InChI is InChI=1S/C20H22N4O4S/c1-24-19(13-9-10-16(27-3)17(11-13)28-4)22-23-20(24)29-12-18(25)21-14-7-5-6-8-15(14)26-2/h5-11H,12H2,1-4H3,(H,21,25). The number of nitrogens with one attached hydrogen (secondary N) is 1. The van der Waals surface area contributed by atoms with Crippen molar-refractivity contribution in [3.63, 3.8) is 0 Å². The van der Waals surface area contributed by atoms with Crippen LogP contribution in [0.3, 0.4) is 0 Å². The predicted octanol–water partition coefficient (Wildman–Crippen LogP) is 3.24. The van der Waals surface area contributed by atoms with Crippen molar-refractivity contribution in [1.29, 1.82) is 0 Å². The number of rotatable bonds is 8. The van der Waals surface area contributed by atoms with E-state index in [1.807, 2.05) is 41.9 Å². The summed E-state index contributed by atoms with van der Waals surface area (Å²) in [5.41, 5.74) is 1.47. The van der Waals surface area contributed by atoms with Gasteiger partial charge in [0.15, 0.2) is 22.5 Å². The third kappa shape index (κ3) is 4.62. The molecule has 0 saturated carbocycles. The number of thioether (sulfide) groups is 1. The molecule has 2 aromatic carbocycles. The molecule has 0 unspecified atom stereocenters. The second kappa shape index (κ2) is 9.33. The van der Waals surface area contributed by atoms with Crippen molar-refractivity contribution in [3.8, 4) is 28.6 Å². The maximum atomic E-state index is 12.3. The van der Waals surface area contributed by atoms with Crippen LogP contribution in [0.25, 0.3) is 11.4 Å². The molecule has 3 aromatic rings. The molecular formula is C20H22N4O4S. The fourth-order valence-electron chi connectivity index (χ4n) is 2.73. The zero-order chi connectivity index (χ0) is 20.8. The predicted molar refractivity (Wildman–Crippen MR) is 112 cm³/mol. The number of hydrogen-bond acceptors (Lipinski definition) is 7. The molecule has 0 aliphatic carbocycles. The Morgan fingerprint density at radius 3 is 2.45 bits per heavy atom. The molecule has 0 bridgehead atoms. The van der Waals surface area contributed by atoms with Crippen LogP contribution in [0.5, 0.6) is 17.2 Å². The minimum absolute atomic E-state index is 0.157. The zero-order valence-corrected chi connectivity index (χ0v) is 17.4. The van der Waals surface area contributed by atoms with Crippen molar-refractivity contribution in [2.75, 3.05) is 32.4 Å². The summed E-state index contributed by atoms with van der Waals surface area (Å²) in [4.78, 5) is 12.3. The van der Waals surface area contributed by atoms with E-state index in [2.05, 4.69) is 15.5 Å². The van der Waals surface area contributed by atoms with E-state index in [9.17, 15) is 4.79 Å². The third-order valence-electron chi connectivity index (χ3n) is 4.19. The highest BCUT2D eigenvalue weighted by Gasteiger charge is 2.15. The monoisotopic (exact) mass is 414 g/mol. The van der Waals surface area contributed by atoms with Crippen LogP contribution in [0.2, 0.25) is 0 Å². The molecule has 1 heterocycles. The second-order valence-electron chi connectivity index (χ2n) is 5.97. The number of carbonyl (C=O) groups excluding carboxylic acids is 1. The number of para-hydroxylation sites is 2. The average Bonchev–Trinajstić information content (AvgIpc) is 3.12. The van der Waals surface area contributed by atoms with Crippen LogP contribution in [0, 0.1) is 0 Å². The Balaban J connectivity index is 1.69. The second-order valence-corrected chi connectivity index (χ2v) is 6.91. The summed E-state index contributed by atoms with van der Waals surface area (Å²) in [5.74, 6) is 2.56. The van der Waals surface area contributed by atoms with E-state index in [1.54, 1.807) is 33.5 Å². The minimum Gasteiger partial charge on any atom is -0.495 e. The normalized spacial score (nSPS) is 10.5. The smallest absolute Gasteiger partial charge is 0.234 e. The molecule has 1 aromatic heterocycles. The van der Waals surface area contributed by atoms with E-state index in [4.69, 9.17) is 14.2 Å². The van der Waals surface area contributed by atoms with Crippen molar-refractivity contribution in [3.05, 3.63) is 42.5 Å². The molecule has 8 nitrogen and oxygen atoms in total. The lowest BCUT2D eigenvalue weighted by molar-refractivity contribution is -0.113. The van der Waals surface area contributed by atoms with Gasteiger partial charge in [-0.3, -0.25) is 4.79 Å². The first-order valence-corrected chi connectivity index (χ1v) is 9.73. The maximum absolute atomic E-state index is 12.3. The first-order valence-electron chi connectivity index (χ1n) is 8.74. The number of ether oxygens (including phenoxy) is 3. The van der Waals surface area contributed by atoms with Gasteiger partial charge in [-0.2, -0.15) is 0 Å². The molecule has 0 atom stereocenters. The van der Waals surface area contributed by atoms with Crippen molar-refractivity contribution < 1.29 is 19.0 Å². The van der Waals surface area contributed by atoms with Gasteiger partial charge < -0.3 is 24.1 Å². The summed E-state index contributed by atoms with van der Waals surface area (Å²) < 4.78 is 17.7. The van der Waals surface area contributed by atoms with Gasteiger partial charge in [-0.05, 0) is 30.3 Å². The molecule has 1 amide bonds. The Morgan fingerprint density at radius 2 is 1.72 bits per heavy atom. The number of amides is 1. The van der Waals surface area contributed by atoms with E-state index in [0.717, 1.165) is 5.56 Å². The Bertz CT molecular complexity index is 1010. The lowest BCUT2D eigenvalue weighted by Crippen LogP contribution is -2.15. The van der Waals surface area contributed by atoms with Crippen molar-refractivity contribution >= 4 is 23.4 Å². The quantitative estimate of drug-likeness (QED) is 0.566. The summed E-state index contributed by atoms with van der Waals surface area (Å²) in [6.45, 7) is 0. The van der Waals surface area contributed by atoms with E-state index in [0.29, 0.717) is 33.9 Å². The molecular weight excluding hydrogens is 392 g/mol. The SMILES string of the molecule is COc1ccccc1NC(=O)CSc1nnc(-c2ccc(OC)c(OC)c2)n1C. The van der Waals surface area contributed by atoms with Crippen LogP contribution in [0.1, 0.15) is 0 Å². The van der Waals surface area contributed by atoms with Crippen molar-refractivity contribution in [2.24, 2.45) is 7.05 Å². The van der Waals surface area contributed by atoms with Crippen LogP contribution >= 0.6 is 11.8 Å². The summed E-state index contributed by atoms with van der Waals surface area (Å²) >= 11 is 1.30. The lowest BCUT2D eigenvalue weighted by Gasteiger charge is -2.10. The van der Waals surface area contributed by atoms with E-state index >= 15 is 0 Å². The molecule has 0 radical (unpaired) electrons. The highest BCUT2D eigenvalue weighted by atomic mass is 32.2. The summed E-state index contributed by atoms with van der Waals surface area (Å²) in [6.07, 6.45) is 0. The lowest BCUT2D eigenvalue weighted by atomic mass is 10.2.